The Morgan fingerprint density at radius 2 is 2.22 bits per heavy atom. The number of rotatable bonds is 6. The largest absolute Gasteiger partial charge is 0.310 e. The fraction of sp³-hybridized carbons (Fsp3) is 0.529. The molecule has 0 heterocycles. The number of allylic oxidation sites excluding steroid dienone is 1. The van der Waals surface area contributed by atoms with E-state index in [1.54, 1.807) is 5.57 Å². The molecule has 0 fully saturated rings. The zero-order valence-electron chi connectivity index (χ0n) is 11.7. The van der Waals surface area contributed by atoms with Crippen molar-refractivity contribution < 1.29 is 0 Å². The van der Waals surface area contributed by atoms with Crippen LogP contribution in [0.5, 0.6) is 0 Å². The van der Waals surface area contributed by atoms with E-state index in [0.717, 1.165) is 13.0 Å². The van der Waals surface area contributed by atoms with Crippen molar-refractivity contribution >= 4 is 0 Å². The maximum Gasteiger partial charge on any atom is 0.0320 e. The van der Waals surface area contributed by atoms with Crippen LogP contribution in [-0.4, -0.2) is 12.6 Å². The normalized spacial score (nSPS) is 16.7. The molecule has 1 N–H and O–H groups in total. The van der Waals surface area contributed by atoms with Gasteiger partial charge in [0.25, 0.3) is 0 Å². The third-order valence-corrected chi connectivity index (χ3v) is 3.69. The summed E-state index contributed by atoms with van der Waals surface area (Å²) in [6, 6.07) is 9.46. The van der Waals surface area contributed by atoms with Gasteiger partial charge in [-0.25, -0.2) is 0 Å². The molecule has 1 aromatic carbocycles. The van der Waals surface area contributed by atoms with Crippen LogP contribution >= 0.6 is 0 Å². The highest BCUT2D eigenvalue weighted by atomic mass is 14.9. The predicted molar refractivity (Wildman–Crippen MR) is 78.9 cm³/mol. The second-order valence-corrected chi connectivity index (χ2v) is 5.37. The van der Waals surface area contributed by atoms with E-state index in [4.69, 9.17) is 0 Å². The molecule has 0 saturated heterocycles. The molecule has 1 heteroatoms. The van der Waals surface area contributed by atoms with Crippen molar-refractivity contribution in [3.05, 3.63) is 47.0 Å². The molecule has 98 valence electrons. The third kappa shape index (κ3) is 3.71. The Morgan fingerprint density at radius 3 is 2.89 bits per heavy atom. The van der Waals surface area contributed by atoms with Gasteiger partial charge in [0.15, 0.2) is 0 Å². The smallest absolute Gasteiger partial charge is 0.0320 e. The topological polar surface area (TPSA) is 12.0 Å². The third-order valence-electron chi connectivity index (χ3n) is 3.69. The van der Waals surface area contributed by atoms with Crippen LogP contribution in [-0.2, 0) is 6.42 Å². The highest BCUT2D eigenvalue weighted by molar-refractivity contribution is 5.26. The zero-order chi connectivity index (χ0) is 12.8. The molecule has 0 spiro atoms. The Morgan fingerprint density at radius 1 is 1.33 bits per heavy atom. The molecule has 0 saturated carbocycles. The van der Waals surface area contributed by atoms with Crippen molar-refractivity contribution in [3.63, 3.8) is 0 Å². The van der Waals surface area contributed by atoms with Gasteiger partial charge in [-0.05, 0) is 51.1 Å². The molecule has 0 bridgehead atoms. The lowest BCUT2D eigenvalue weighted by molar-refractivity contribution is 0.552. The summed E-state index contributed by atoms with van der Waals surface area (Å²) in [5.74, 6) is 0. The Kier molecular flexibility index (Phi) is 5.00. The molecule has 0 aromatic heterocycles. The van der Waals surface area contributed by atoms with Gasteiger partial charge in [-0.15, -0.1) is 0 Å². The van der Waals surface area contributed by atoms with Gasteiger partial charge in [-0.2, -0.15) is 0 Å². The van der Waals surface area contributed by atoms with E-state index in [9.17, 15) is 0 Å². The summed E-state index contributed by atoms with van der Waals surface area (Å²) in [5, 5.41) is 3.71. The summed E-state index contributed by atoms with van der Waals surface area (Å²) in [5.41, 5.74) is 4.45. The fourth-order valence-corrected chi connectivity index (χ4v) is 2.74. The summed E-state index contributed by atoms with van der Waals surface area (Å²) in [6.07, 6.45) is 8.68. The molecule has 1 aliphatic carbocycles. The van der Waals surface area contributed by atoms with E-state index in [-0.39, 0.29) is 0 Å². The standard InChI is InChI=1S/C17H25N/c1-3-11-18-17(16-9-4-5-10-16)13-15-8-6-7-14(2)12-15/h6-9,12,17-18H,3-5,10-11,13H2,1-2H3. The molecule has 1 aliphatic rings. The van der Waals surface area contributed by atoms with E-state index in [1.807, 2.05) is 0 Å². The van der Waals surface area contributed by atoms with Gasteiger partial charge >= 0.3 is 0 Å². The van der Waals surface area contributed by atoms with Crippen LogP contribution in [0.3, 0.4) is 0 Å². The Hall–Kier alpha value is -1.08. The maximum absolute atomic E-state index is 3.71. The van der Waals surface area contributed by atoms with Crippen LogP contribution < -0.4 is 5.32 Å². The molecular weight excluding hydrogens is 218 g/mol. The van der Waals surface area contributed by atoms with Gasteiger partial charge in [-0.3, -0.25) is 0 Å². The van der Waals surface area contributed by atoms with Crippen molar-refractivity contribution in [2.45, 2.75) is 52.0 Å². The number of hydrogen-bond donors (Lipinski definition) is 1. The van der Waals surface area contributed by atoms with Gasteiger partial charge in [0.05, 0.1) is 0 Å². The van der Waals surface area contributed by atoms with Crippen molar-refractivity contribution in [1.29, 1.82) is 0 Å². The fourth-order valence-electron chi connectivity index (χ4n) is 2.74. The van der Waals surface area contributed by atoms with Gasteiger partial charge in [0.2, 0.25) is 0 Å². The molecule has 0 radical (unpaired) electrons. The number of aryl methyl sites for hydroxylation is 1. The highest BCUT2D eigenvalue weighted by Crippen LogP contribution is 2.23. The quantitative estimate of drug-likeness (QED) is 0.744. The summed E-state index contributed by atoms with van der Waals surface area (Å²) in [6.45, 7) is 5.53. The van der Waals surface area contributed by atoms with Crippen LogP contribution in [0.2, 0.25) is 0 Å². The molecule has 0 aliphatic heterocycles. The molecule has 1 nitrogen and oxygen atoms in total. The van der Waals surface area contributed by atoms with Gasteiger partial charge in [0.1, 0.15) is 0 Å². The van der Waals surface area contributed by atoms with Crippen LogP contribution in [0, 0.1) is 6.92 Å². The molecule has 0 amide bonds. The monoisotopic (exact) mass is 243 g/mol. The second kappa shape index (κ2) is 6.75. The minimum atomic E-state index is 0.550. The van der Waals surface area contributed by atoms with Gasteiger partial charge < -0.3 is 5.32 Å². The second-order valence-electron chi connectivity index (χ2n) is 5.37. The molecule has 1 atom stereocenters. The van der Waals surface area contributed by atoms with Crippen LogP contribution in [0.4, 0.5) is 0 Å². The summed E-state index contributed by atoms with van der Waals surface area (Å²) < 4.78 is 0. The summed E-state index contributed by atoms with van der Waals surface area (Å²) in [4.78, 5) is 0. The van der Waals surface area contributed by atoms with Gasteiger partial charge in [-0.1, -0.05) is 48.4 Å². The Labute approximate surface area is 111 Å². The first-order valence-electron chi connectivity index (χ1n) is 7.27. The highest BCUT2D eigenvalue weighted by Gasteiger charge is 2.16. The predicted octanol–water partition coefficient (Wildman–Crippen LogP) is 4.02. The Bertz CT molecular complexity index is 406. The first-order valence-corrected chi connectivity index (χ1v) is 7.27. The van der Waals surface area contributed by atoms with Gasteiger partial charge in [0, 0.05) is 6.04 Å². The minimum absolute atomic E-state index is 0.550. The zero-order valence-corrected chi connectivity index (χ0v) is 11.7. The molecule has 1 aromatic rings. The number of nitrogens with one attached hydrogen (secondary N) is 1. The first-order chi connectivity index (χ1) is 8.79. The number of benzene rings is 1. The van der Waals surface area contributed by atoms with Crippen LogP contribution in [0.15, 0.2) is 35.9 Å². The van der Waals surface area contributed by atoms with E-state index in [2.05, 4.69) is 49.5 Å². The first kappa shape index (κ1) is 13.4. The summed E-state index contributed by atoms with van der Waals surface area (Å²) in [7, 11) is 0. The lowest BCUT2D eigenvalue weighted by Crippen LogP contribution is -2.33. The maximum atomic E-state index is 3.71. The average Bonchev–Trinajstić information content (AvgIpc) is 2.88. The van der Waals surface area contributed by atoms with Crippen molar-refractivity contribution in [2.24, 2.45) is 0 Å². The van der Waals surface area contributed by atoms with E-state index >= 15 is 0 Å². The van der Waals surface area contributed by atoms with Crippen molar-refractivity contribution in [2.75, 3.05) is 6.54 Å². The lowest BCUT2D eigenvalue weighted by atomic mass is 9.97. The average molecular weight is 243 g/mol. The SMILES string of the molecule is CCCNC(Cc1cccc(C)c1)C1=CCCC1. The van der Waals surface area contributed by atoms with E-state index in [0.29, 0.717) is 6.04 Å². The van der Waals surface area contributed by atoms with Crippen LogP contribution in [0.25, 0.3) is 0 Å². The minimum Gasteiger partial charge on any atom is -0.310 e. The summed E-state index contributed by atoms with van der Waals surface area (Å²) >= 11 is 0. The number of hydrogen-bond acceptors (Lipinski definition) is 1. The molecular formula is C17H25N. The Balaban J connectivity index is 2.04. The molecule has 1 unspecified atom stereocenters. The van der Waals surface area contributed by atoms with Crippen molar-refractivity contribution in [3.8, 4) is 0 Å². The molecule has 2 rings (SSSR count). The van der Waals surface area contributed by atoms with E-state index in [1.165, 1.54) is 36.8 Å². The van der Waals surface area contributed by atoms with Crippen molar-refractivity contribution in [1.82, 2.24) is 5.32 Å². The van der Waals surface area contributed by atoms with Crippen LogP contribution in [0.1, 0.15) is 43.7 Å². The van der Waals surface area contributed by atoms with E-state index < -0.39 is 0 Å². The lowest BCUT2D eigenvalue weighted by Gasteiger charge is -2.20. The molecule has 18 heavy (non-hydrogen) atoms.